The van der Waals surface area contributed by atoms with Gasteiger partial charge in [0.05, 0.1) is 16.5 Å². The molecule has 0 radical (unpaired) electrons. The topological polar surface area (TPSA) is 121 Å². The molecule has 14 heteroatoms. The first-order valence-electron chi connectivity index (χ1n) is 18.5. The van der Waals surface area contributed by atoms with E-state index in [1.807, 2.05) is 23.6 Å². The number of phenolic OH excluding ortho intramolecular Hbond substituents is 1. The largest absolute Gasteiger partial charge is 0.508 e. The normalized spacial score (nSPS) is 27.7. The van der Waals surface area contributed by atoms with Gasteiger partial charge in [-0.1, -0.05) is 25.8 Å². The standard InChI is InChI=1S/C40H39F3N6O5/c1-4-26-29(42)9-6-21-12-25(50)13-27(31(21)26)33-32(43)34-28(15-44-33)36(46-39(45-34)53-19-40-10-5-11-48(40)16-22(41)14-40)47-17-23-7-8-24(18-47)49(23)37(51)35-30(20(2)3)38(52)54-35/h1,6,9,12-13,15,20,22-24,30,35,50H,5,7-8,10-11,14,16-19H2,2-3H3/t22-,23-,24+,30+,35-,40+/m1/s1. The maximum absolute atomic E-state index is 17.1. The molecule has 2 aromatic carbocycles. The van der Waals surface area contributed by atoms with E-state index in [1.165, 1.54) is 30.5 Å². The first kappa shape index (κ1) is 34.6. The number of aromatic nitrogens is 3. The summed E-state index contributed by atoms with van der Waals surface area (Å²) in [6.45, 7) is 5.75. The van der Waals surface area contributed by atoms with Gasteiger partial charge in [0, 0.05) is 55.3 Å². The van der Waals surface area contributed by atoms with Crippen molar-refractivity contribution in [1.29, 1.82) is 0 Å². The third-order valence-electron chi connectivity index (χ3n) is 12.2. The second kappa shape index (κ2) is 12.7. The van der Waals surface area contributed by atoms with Crippen molar-refractivity contribution in [2.24, 2.45) is 11.8 Å². The number of phenols is 1. The molecule has 2 aromatic heterocycles. The summed E-state index contributed by atoms with van der Waals surface area (Å²) in [5.74, 6) is -0.0805. The van der Waals surface area contributed by atoms with Crippen LogP contribution in [0.2, 0.25) is 0 Å². The summed E-state index contributed by atoms with van der Waals surface area (Å²) in [4.78, 5) is 45.8. The number of hydrogen-bond donors (Lipinski definition) is 1. The molecule has 280 valence electrons. The minimum Gasteiger partial charge on any atom is -0.508 e. The minimum atomic E-state index is -0.975. The highest BCUT2D eigenvalue weighted by Gasteiger charge is 2.54. The van der Waals surface area contributed by atoms with Crippen molar-refractivity contribution in [2.45, 2.75) is 75.8 Å². The van der Waals surface area contributed by atoms with Gasteiger partial charge in [-0.05, 0) is 61.7 Å². The Hall–Kier alpha value is -5.16. The summed E-state index contributed by atoms with van der Waals surface area (Å²) in [7, 11) is 0. The number of fused-ring (bicyclic) bond motifs is 5. The molecule has 6 atom stereocenters. The number of carbonyl (C=O) groups excluding carboxylic acids is 2. The second-order valence-corrected chi connectivity index (χ2v) is 15.7. The SMILES string of the molecule is C#Cc1c(F)ccc2cc(O)cc(-c3ncc4c(N5C[C@H]6CC[C@@H](C5)N6C(=O)[C@@H]5OC(=O)[C@H]5C(C)C)nc(OC[C@@]56CCCN5C[C@H](F)C6)nc4c3F)c12. The van der Waals surface area contributed by atoms with Crippen molar-refractivity contribution in [1.82, 2.24) is 24.8 Å². The van der Waals surface area contributed by atoms with Gasteiger partial charge in [-0.2, -0.15) is 9.97 Å². The number of piperazine rings is 1. The number of halogens is 3. The van der Waals surface area contributed by atoms with Crippen LogP contribution >= 0.6 is 0 Å². The van der Waals surface area contributed by atoms with E-state index in [4.69, 9.17) is 20.9 Å². The lowest BCUT2D eigenvalue weighted by Crippen LogP contribution is -2.63. The molecule has 11 nitrogen and oxygen atoms in total. The molecule has 5 aliphatic rings. The predicted molar refractivity (Wildman–Crippen MR) is 192 cm³/mol. The maximum Gasteiger partial charge on any atom is 0.319 e. The minimum absolute atomic E-state index is 0.0388. The van der Waals surface area contributed by atoms with Gasteiger partial charge >= 0.3 is 12.0 Å². The zero-order valence-electron chi connectivity index (χ0n) is 29.9. The lowest BCUT2D eigenvalue weighted by Gasteiger charge is -2.45. The molecular weight excluding hydrogens is 701 g/mol. The van der Waals surface area contributed by atoms with Crippen LogP contribution in [0.3, 0.4) is 0 Å². The molecule has 1 amide bonds. The lowest BCUT2D eigenvalue weighted by atomic mass is 9.85. The summed E-state index contributed by atoms with van der Waals surface area (Å²) in [6, 6.07) is 4.83. The first-order valence-corrected chi connectivity index (χ1v) is 18.5. The van der Waals surface area contributed by atoms with E-state index in [-0.39, 0.29) is 81.4 Å². The van der Waals surface area contributed by atoms with Gasteiger partial charge in [-0.3, -0.25) is 19.5 Å². The Bertz CT molecular complexity index is 2270. The van der Waals surface area contributed by atoms with Crippen molar-refractivity contribution < 1.29 is 37.3 Å². The van der Waals surface area contributed by atoms with Crippen LogP contribution in [0.25, 0.3) is 32.9 Å². The van der Waals surface area contributed by atoms with E-state index < -0.39 is 35.4 Å². The molecule has 9 rings (SSSR count). The van der Waals surface area contributed by atoms with Crippen LogP contribution in [0.4, 0.5) is 19.0 Å². The van der Waals surface area contributed by atoms with Gasteiger partial charge in [0.2, 0.25) is 0 Å². The Balaban J connectivity index is 1.12. The van der Waals surface area contributed by atoms with Crippen molar-refractivity contribution in [3.05, 3.63) is 47.7 Å². The Kier molecular flexibility index (Phi) is 8.15. The van der Waals surface area contributed by atoms with E-state index in [0.29, 0.717) is 37.3 Å². The molecule has 5 aliphatic heterocycles. The molecule has 0 aliphatic carbocycles. The number of hydrogen-bond acceptors (Lipinski definition) is 10. The Morgan fingerprint density at radius 3 is 2.67 bits per heavy atom. The number of anilines is 1. The summed E-state index contributed by atoms with van der Waals surface area (Å²) in [5.41, 5.74) is -0.847. The summed E-state index contributed by atoms with van der Waals surface area (Å²) in [6.07, 6.45) is 8.80. The fourth-order valence-electron chi connectivity index (χ4n) is 9.65. The molecule has 4 aromatic rings. The zero-order chi connectivity index (χ0) is 37.6. The van der Waals surface area contributed by atoms with Crippen molar-refractivity contribution in [3.63, 3.8) is 0 Å². The van der Waals surface area contributed by atoms with Crippen LogP contribution < -0.4 is 9.64 Å². The third-order valence-corrected chi connectivity index (χ3v) is 12.2. The third kappa shape index (κ3) is 5.33. The predicted octanol–water partition coefficient (Wildman–Crippen LogP) is 5.14. The highest BCUT2D eigenvalue weighted by Crippen LogP contribution is 2.43. The van der Waals surface area contributed by atoms with Crippen molar-refractivity contribution >= 4 is 39.4 Å². The van der Waals surface area contributed by atoms with Crippen LogP contribution in [-0.4, -0.2) is 104 Å². The summed E-state index contributed by atoms with van der Waals surface area (Å²) < 4.78 is 58.3. The molecule has 0 unspecified atom stereocenters. The van der Waals surface area contributed by atoms with Crippen LogP contribution in [0.1, 0.15) is 51.5 Å². The number of rotatable bonds is 7. The van der Waals surface area contributed by atoms with Gasteiger partial charge < -0.3 is 24.4 Å². The molecular formula is C40H39F3N6O5. The van der Waals surface area contributed by atoms with Gasteiger partial charge in [0.1, 0.15) is 47.3 Å². The van der Waals surface area contributed by atoms with Gasteiger partial charge in [-0.15, -0.1) is 6.42 Å². The fourth-order valence-corrected chi connectivity index (χ4v) is 9.65. The number of esters is 1. The number of amides is 1. The zero-order valence-corrected chi connectivity index (χ0v) is 29.9. The second-order valence-electron chi connectivity index (χ2n) is 15.7. The lowest BCUT2D eigenvalue weighted by molar-refractivity contribution is -0.197. The number of benzene rings is 2. The van der Waals surface area contributed by atoms with Gasteiger partial charge in [0.15, 0.2) is 11.9 Å². The van der Waals surface area contributed by atoms with E-state index in [2.05, 4.69) is 20.8 Å². The van der Waals surface area contributed by atoms with Crippen LogP contribution in [0, 0.1) is 35.8 Å². The van der Waals surface area contributed by atoms with E-state index >= 15 is 4.39 Å². The van der Waals surface area contributed by atoms with Crippen LogP contribution in [0.5, 0.6) is 11.8 Å². The molecule has 54 heavy (non-hydrogen) atoms. The van der Waals surface area contributed by atoms with Gasteiger partial charge in [-0.25, -0.2) is 13.2 Å². The number of alkyl halides is 1. The smallest absolute Gasteiger partial charge is 0.319 e. The highest BCUT2D eigenvalue weighted by atomic mass is 19.1. The average Bonchev–Trinajstić information content (AvgIpc) is 3.75. The van der Waals surface area contributed by atoms with E-state index in [0.717, 1.165) is 32.2 Å². The monoisotopic (exact) mass is 740 g/mol. The number of ether oxygens (including phenoxy) is 2. The number of nitrogens with zero attached hydrogens (tertiary/aromatic N) is 6. The molecule has 7 heterocycles. The molecule has 5 fully saturated rings. The molecule has 1 N–H and O–H groups in total. The quantitative estimate of drug-likeness (QED) is 0.202. The number of aromatic hydroxyl groups is 1. The number of cyclic esters (lactones) is 1. The molecule has 2 bridgehead atoms. The average molecular weight is 741 g/mol. The number of carbonyl (C=O) groups is 2. The summed E-state index contributed by atoms with van der Waals surface area (Å²) >= 11 is 0. The number of terminal acetylenes is 1. The molecule has 0 saturated carbocycles. The highest BCUT2D eigenvalue weighted by molar-refractivity contribution is 6.03. The Morgan fingerprint density at radius 2 is 1.94 bits per heavy atom. The van der Waals surface area contributed by atoms with Crippen LogP contribution in [-0.2, 0) is 14.3 Å². The summed E-state index contributed by atoms with van der Waals surface area (Å²) in [5, 5.41) is 11.5. The van der Waals surface area contributed by atoms with Crippen molar-refractivity contribution in [3.8, 4) is 35.4 Å². The van der Waals surface area contributed by atoms with E-state index in [9.17, 15) is 23.5 Å². The first-order chi connectivity index (χ1) is 26.0. The fraction of sp³-hybridized carbons (Fsp3) is 0.475. The number of pyridine rings is 1. The van der Waals surface area contributed by atoms with E-state index in [1.54, 1.807) is 0 Å². The van der Waals surface area contributed by atoms with Gasteiger partial charge in [0.25, 0.3) is 5.91 Å². The molecule has 0 spiro atoms. The van der Waals surface area contributed by atoms with Crippen molar-refractivity contribution in [2.75, 3.05) is 37.7 Å². The Labute approximate surface area is 309 Å². The maximum atomic E-state index is 17.1. The molecule has 5 saturated heterocycles. The Morgan fingerprint density at radius 1 is 1.17 bits per heavy atom. The van der Waals surface area contributed by atoms with Crippen LogP contribution in [0.15, 0.2) is 30.5 Å².